The quantitative estimate of drug-likeness (QED) is 0.316. The summed E-state index contributed by atoms with van der Waals surface area (Å²) >= 11 is 0. The lowest BCUT2D eigenvalue weighted by molar-refractivity contribution is 0.0726. The number of benzene rings is 2. The standard InChI is InChI=1S/C32H41N5O6S/c1-5-22-17-37-19-32(11-12-32)44(41,42)36(4)27-15-23(14-25(22)28(27)37)30(39)34-26(13-21-9-7-6-8-10-21)29(38)20(2)33-16-24-18-43-31(40)35(24)3/h6-10,14-15,17,20,24,26,29,33,38H,5,11-13,16,18-19H2,1-4H3,(H,34,39)/t20-,24+,26+,29-/m1/s1. The molecule has 1 aliphatic carbocycles. The SMILES string of the molecule is CCc1cn2c3c(cc(C(=O)N[C@@H](Cc4ccccc4)[C@H](O)[C@@H](C)NC[C@H]4COC(=O)N4C)cc13)N(C)S(=O)(=O)C1(CC1)C2. The number of aromatic nitrogens is 1. The monoisotopic (exact) mass is 623 g/mol. The van der Waals surface area contributed by atoms with Crippen molar-refractivity contribution in [2.24, 2.45) is 0 Å². The van der Waals surface area contributed by atoms with Crippen LogP contribution < -0.4 is 14.9 Å². The van der Waals surface area contributed by atoms with Gasteiger partial charge in [0.25, 0.3) is 5.91 Å². The van der Waals surface area contributed by atoms with E-state index in [0.29, 0.717) is 43.6 Å². The molecule has 2 aliphatic heterocycles. The van der Waals surface area contributed by atoms with Crippen LogP contribution in [0.15, 0.2) is 48.7 Å². The molecule has 6 rings (SSSR count). The van der Waals surface area contributed by atoms with Crippen molar-refractivity contribution in [1.29, 1.82) is 0 Å². The van der Waals surface area contributed by atoms with Crippen LogP contribution in [-0.2, 0) is 34.1 Å². The molecular weight excluding hydrogens is 582 g/mol. The maximum absolute atomic E-state index is 14.0. The Morgan fingerprint density at radius 2 is 1.91 bits per heavy atom. The first-order valence-electron chi connectivity index (χ1n) is 15.3. The van der Waals surface area contributed by atoms with Gasteiger partial charge < -0.3 is 29.9 Å². The summed E-state index contributed by atoms with van der Waals surface area (Å²) in [6.45, 7) is 4.99. The van der Waals surface area contributed by atoms with Crippen molar-refractivity contribution in [3.63, 3.8) is 0 Å². The Bertz CT molecular complexity index is 1690. The minimum absolute atomic E-state index is 0.157. The summed E-state index contributed by atoms with van der Waals surface area (Å²) in [5, 5.41) is 18.8. The van der Waals surface area contributed by atoms with Crippen LogP contribution in [0.25, 0.3) is 10.9 Å². The Balaban J connectivity index is 1.29. The number of aliphatic hydroxyl groups excluding tert-OH is 1. The third-order valence-corrected chi connectivity index (χ3v) is 12.2. The molecule has 0 bridgehead atoms. The van der Waals surface area contributed by atoms with Crippen LogP contribution in [0.4, 0.5) is 10.5 Å². The van der Waals surface area contributed by atoms with Gasteiger partial charge in [-0.1, -0.05) is 37.3 Å². The second kappa shape index (κ2) is 11.4. The number of nitrogens with one attached hydrogen (secondary N) is 2. The first-order valence-corrected chi connectivity index (χ1v) is 16.7. The minimum atomic E-state index is -3.62. The predicted molar refractivity (Wildman–Crippen MR) is 168 cm³/mol. The summed E-state index contributed by atoms with van der Waals surface area (Å²) in [4.78, 5) is 27.3. The summed E-state index contributed by atoms with van der Waals surface area (Å²) in [6, 6.07) is 11.9. The Hall–Kier alpha value is -3.61. The number of nitrogens with zero attached hydrogens (tertiary/aromatic N) is 3. The van der Waals surface area contributed by atoms with E-state index in [1.807, 2.05) is 49.5 Å². The number of hydrogen-bond acceptors (Lipinski definition) is 7. The van der Waals surface area contributed by atoms with E-state index in [-0.39, 0.29) is 18.7 Å². The van der Waals surface area contributed by atoms with E-state index in [4.69, 9.17) is 4.74 Å². The number of hydrogen-bond donors (Lipinski definition) is 3. The van der Waals surface area contributed by atoms with Crippen LogP contribution in [0, 0.1) is 0 Å². The molecule has 236 valence electrons. The molecule has 3 aromatic rings. The molecule has 1 aromatic heterocycles. The Kier molecular flexibility index (Phi) is 7.87. The molecule has 1 saturated carbocycles. The fraction of sp³-hybridized carbons (Fsp3) is 0.500. The highest BCUT2D eigenvalue weighted by atomic mass is 32.2. The average Bonchev–Trinajstić information content (AvgIpc) is 3.65. The zero-order chi connectivity index (χ0) is 31.4. The molecule has 3 heterocycles. The predicted octanol–water partition coefficient (Wildman–Crippen LogP) is 2.65. The lowest BCUT2D eigenvalue weighted by Gasteiger charge is -2.30. The number of amides is 2. The second-order valence-electron chi connectivity index (χ2n) is 12.5. The first-order chi connectivity index (χ1) is 21.0. The van der Waals surface area contributed by atoms with Crippen LogP contribution in [0.3, 0.4) is 0 Å². The fourth-order valence-corrected chi connectivity index (χ4v) is 8.43. The number of rotatable bonds is 10. The average molecular weight is 624 g/mol. The highest BCUT2D eigenvalue weighted by Crippen LogP contribution is 2.51. The van der Waals surface area contributed by atoms with Crippen LogP contribution in [0.2, 0.25) is 0 Å². The summed E-state index contributed by atoms with van der Waals surface area (Å²) in [7, 11) is -0.363. The number of carbonyl (C=O) groups excluding carboxylic acids is 2. The maximum Gasteiger partial charge on any atom is 0.409 e. The summed E-state index contributed by atoms with van der Waals surface area (Å²) in [5.74, 6) is -0.393. The van der Waals surface area contributed by atoms with Gasteiger partial charge in [0, 0.05) is 50.4 Å². The number of aliphatic hydroxyl groups is 1. The highest BCUT2D eigenvalue weighted by Gasteiger charge is 2.58. The molecule has 4 atom stereocenters. The topological polar surface area (TPSA) is 133 Å². The molecular formula is C32H41N5O6S. The normalized spacial score (nSPS) is 22.0. The van der Waals surface area contributed by atoms with Gasteiger partial charge in [-0.05, 0) is 55.9 Å². The van der Waals surface area contributed by atoms with Gasteiger partial charge in [0.1, 0.15) is 11.4 Å². The zero-order valence-electron chi connectivity index (χ0n) is 25.6. The lowest BCUT2D eigenvalue weighted by Crippen LogP contribution is -2.54. The van der Waals surface area contributed by atoms with Crippen molar-refractivity contribution in [1.82, 2.24) is 20.1 Å². The molecule has 3 aliphatic rings. The van der Waals surface area contributed by atoms with Crippen LogP contribution in [0.1, 0.15) is 48.2 Å². The van der Waals surface area contributed by atoms with Crippen molar-refractivity contribution in [3.8, 4) is 0 Å². The van der Waals surface area contributed by atoms with E-state index >= 15 is 0 Å². The van der Waals surface area contributed by atoms with E-state index in [1.54, 1.807) is 20.2 Å². The Morgan fingerprint density at radius 3 is 2.55 bits per heavy atom. The van der Waals surface area contributed by atoms with E-state index in [0.717, 1.165) is 28.5 Å². The molecule has 1 spiro atoms. The fourth-order valence-electron chi connectivity index (χ4n) is 6.53. The van der Waals surface area contributed by atoms with Crippen molar-refractivity contribution < 1.29 is 27.9 Å². The van der Waals surface area contributed by atoms with Gasteiger partial charge in [-0.15, -0.1) is 0 Å². The molecule has 0 radical (unpaired) electrons. The molecule has 2 fully saturated rings. The number of carbonyl (C=O) groups is 2. The van der Waals surface area contributed by atoms with Gasteiger partial charge in [-0.3, -0.25) is 9.10 Å². The van der Waals surface area contributed by atoms with Crippen molar-refractivity contribution in [3.05, 3.63) is 65.4 Å². The molecule has 11 nitrogen and oxygen atoms in total. The number of ether oxygens (including phenoxy) is 1. The van der Waals surface area contributed by atoms with Crippen LogP contribution >= 0.6 is 0 Å². The van der Waals surface area contributed by atoms with Gasteiger partial charge in [0.2, 0.25) is 10.0 Å². The van der Waals surface area contributed by atoms with Crippen LogP contribution in [-0.4, -0.2) is 91.2 Å². The van der Waals surface area contributed by atoms with E-state index in [1.165, 1.54) is 9.21 Å². The van der Waals surface area contributed by atoms with Crippen LogP contribution in [0.5, 0.6) is 0 Å². The largest absolute Gasteiger partial charge is 0.447 e. The molecule has 12 heteroatoms. The van der Waals surface area contributed by atoms with Crippen molar-refractivity contribution in [2.75, 3.05) is 31.6 Å². The molecule has 2 amide bonds. The van der Waals surface area contributed by atoms with E-state index in [9.17, 15) is 23.1 Å². The number of aryl methyl sites for hydroxylation is 1. The number of likely N-dealkylation sites (N-methyl/N-ethyl adjacent to an activating group) is 1. The van der Waals surface area contributed by atoms with Gasteiger partial charge >= 0.3 is 6.09 Å². The van der Waals surface area contributed by atoms with Gasteiger partial charge in [-0.25, -0.2) is 13.2 Å². The zero-order valence-corrected chi connectivity index (χ0v) is 26.4. The molecule has 1 saturated heterocycles. The minimum Gasteiger partial charge on any atom is -0.447 e. The van der Waals surface area contributed by atoms with Gasteiger partial charge in [0.05, 0.1) is 29.4 Å². The van der Waals surface area contributed by atoms with Crippen molar-refractivity contribution >= 4 is 38.6 Å². The van der Waals surface area contributed by atoms with Gasteiger partial charge in [-0.2, -0.15) is 0 Å². The molecule has 2 aromatic carbocycles. The number of cyclic esters (lactones) is 1. The first kappa shape index (κ1) is 30.4. The summed E-state index contributed by atoms with van der Waals surface area (Å²) in [6.07, 6.45) is 3.04. The number of sulfonamides is 1. The smallest absolute Gasteiger partial charge is 0.409 e. The van der Waals surface area contributed by atoms with Crippen molar-refractivity contribution in [2.45, 2.75) is 75.1 Å². The molecule has 44 heavy (non-hydrogen) atoms. The summed E-state index contributed by atoms with van der Waals surface area (Å²) < 4.78 is 35.0. The Morgan fingerprint density at radius 1 is 1.18 bits per heavy atom. The van der Waals surface area contributed by atoms with E-state index < -0.39 is 38.9 Å². The Labute approximate surface area is 258 Å². The second-order valence-corrected chi connectivity index (χ2v) is 14.8. The third kappa shape index (κ3) is 5.22. The number of anilines is 1. The van der Waals surface area contributed by atoms with E-state index in [2.05, 4.69) is 22.1 Å². The molecule has 0 unspecified atom stereocenters. The van der Waals surface area contributed by atoms with Gasteiger partial charge in [0.15, 0.2) is 0 Å². The maximum atomic E-state index is 14.0. The highest BCUT2D eigenvalue weighted by molar-refractivity contribution is 7.94. The third-order valence-electron chi connectivity index (χ3n) is 9.64. The molecule has 3 N–H and O–H groups in total. The summed E-state index contributed by atoms with van der Waals surface area (Å²) in [5.41, 5.74) is 3.65. The lowest BCUT2D eigenvalue weighted by atomic mass is 9.96.